The van der Waals surface area contributed by atoms with Crippen molar-refractivity contribution in [1.29, 1.82) is 0 Å². The summed E-state index contributed by atoms with van der Waals surface area (Å²) in [6.45, 7) is 0. The second-order valence-corrected chi connectivity index (χ2v) is 12.1. The third-order valence-corrected chi connectivity index (χ3v) is 9.39. The molecule has 4 nitrogen and oxygen atoms in total. The Balaban J connectivity index is 1.28. The molecule has 0 amide bonds. The van der Waals surface area contributed by atoms with Crippen LogP contribution in [0.25, 0.3) is 71.7 Å². The fourth-order valence-electron chi connectivity index (χ4n) is 7.28. The number of para-hydroxylation sites is 4. The second-order valence-electron chi connectivity index (χ2n) is 12.1. The lowest BCUT2D eigenvalue weighted by Crippen LogP contribution is -2.10. The van der Waals surface area contributed by atoms with Gasteiger partial charge in [-0.05, 0) is 77.9 Å². The number of nitrogens with zero attached hydrogens (tertiary/aromatic N) is 2. The molecule has 0 aliphatic rings. The summed E-state index contributed by atoms with van der Waals surface area (Å²) in [5.74, 6) is 0. The lowest BCUT2D eigenvalue weighted by molar-refractivity contribution is 0.668. The highest BCUT2D eigenvalue weighted by Gasteiger charge is 2.25. The first-order valence-corrected chi connectivity index (χ1v) is 16.2. The van der Waals surface area contributed by atoms with Crippen LogP contribution in [0.4, 0.5) is 17.1 Å². The van der Waals surface area contributed by atoms with Crippen molar-refractivity contribution in [2.75, 3.05) is 4.90 Å². The summed E-state index contributed by atoms with van der Waals surface area (Å²) in [7, 11) is 0. The maximum atomic E-state index is 7.01. The van der Waals surface area contributed by atoms with Gasteiger partial charge in [-0.2, -0.15) is 0 Å². The molecule has 0 radical (unpaired) electrons. The van der Waals surface area contributed by atoms with Gasteiger partial charge in [-0.1, -0.05) is 103 Å². The zero-order valence-corrected chi connectivity index (χ0v) is 25.9. The van der Waals surface area contributed by atoms with Gasteiger partial charge in [0.05, 0.1) is 22.3 Å². The van der Waals surface area contributed by atoms with Crippen LogP contribution in [0.3, 0.4) is 0 Å². The minimum Gasteiger partial charge on any atom is -0.456 e. The van der Waals surface area contributed by atoms with Gasteiger partial charge in [0.15, 0.2) is 11.2 Å². The molecule has 0 saturated heterocycles. The molecule has 10 aromatic rings. The number of hydrogen-bond acceptors (Lipinski definition) is 3. The average Bonchev–Trinajstić information content (AvgIpc) is 3.82. The van der Waals surface area contributed by atoms with E-state index in [1.807, 2.05) is 24.3 Å². The quantitative estimate of drug-likeness (QED) is 0.193. The van der Waals surface area contributed by atoms with Crippen LogP contribution >= 0.6 is 0 Å². The maximum absolute atomic E-state index is 7.01. The molecule has 0 N–H and O–H groups in total. The summed E-state index contributed by atoms with van der Waals surface area (Å²) in [6.07, 6.45) is 0. The Morgan fingerprint density at radius 2 is 1.04 bits per heavy atom. The molecule has 10 rings (SSSR count). The van der Waals surface area contributed by atoms with Gasteiger partial charge in [0.1, 0.15) is 16.7 Å². The van der Waals surface area contributed by atoms with Crippen molar-refractivity contribution < 1.29 is 8.83 Å². The number of aromatic nitrogens is 1. The Bertz CT molecular complexity index is 2770. The van der Waals surface area contributed by atoms with E-state index in [1.54, 1.807) is 0 Å². The van der Waals surface area contributed by atoms with Crippen molar-refractivity contribution in [1.82, 2.24) is 4.57 Å². The van der Waals surface area contributed by atoms with Crippen LogP contribution in [0.2, 0.25) is 0 Å². The van der Waals surface area contributed by atoms with Crippen LogP contribution in [-0.4, -0.2) is 4.57 Å². The zero-order chi connectivity index (χ0) is 31.6. The number of anilines is 3. The minimum atomic E-state index is 0.829. The highest BCUT2D eigenvalue weighted by molar-refractivity contribution is 6.20. The smallest absolute Gasteiger partial charge is 0.161 e. The van der Waals surface area contributed by atoms with E-state index in [4.69, 9.17) is 8.83 Å². The van der Waals surface area contributed by atoms with Crippen LogP contribution in [0.1, 0.15) is 0 Å². The Kier molecular flexibility index (Phi) is 5.84. The van der Waals surface area contributed by atoms with E-state index in [0.29, 0.717) is 0 Å². The van der Waals surface area contributed by atoms with E-state index >= 15 is 0 Å². The molecule has 0 aliphatic carbocycles. The zero-order valence-electron chi connectivity index (χ0n) is 25.9. The Morgan fingerprint density at radius 3 is 1.88 bits per heavy atom. The van der Waals surface area contributed by atoms with Crippen molar-refractivity contribution >= 4 is 72.0 Å². The lowest BCUT2D eigenvalue weighted by atomic mass is 10.0. The van der Waals surface area contributed by atoms with Gasteiger partial charge in [0, 0.05) is 27.5 Å². The highest BCUT2D eigenvalue weighted by Crippen LogP contribution is 2.48. The van der Waals surface area contributed by atoms with Gasteiger partial charge in [-0.15, -0.1) is 0 Å². The van der Waals surface area contributed by atoms with Gasteiger partial charge >= 0.3 is 0 Å². The summed E-state index contributed by atoms with van der Waals surface area (Å²) in [4.78, 5) is 2.32. The molecule has 0 saturated carbocycles. The molecular formula is C44H28N2O2. The molecule has 0 fully saturated rings. The SMILES string of the molecule is c1ccc(-c2ccc(N(c3cccc4c3oc3c5ccccc5n(-c5ccccc5)c43)c3cccc4oc5ccccc5c34)cc2)cc1. The number of furan rings is 2. The summed E-state index contributed by atoms with van der Waals surface area (Å²) < 4.78 is 15.7. The number of benzene rings is 7. The first-order valence-electron chi connectivity index (χ1n) is 16.2. The third-order valence-electron chi connectivity index (χ3n) is 9.39. The van der Waals surface area contributed by atoms with Crippen LogP contribution in [0.15, 0.2) is 179 Å². The standard InChI is InChI=1S/C44H28N2O2/c1-3-13-29(14-4-1)30-25-27-32(28-26-30)45(37-21-12-24-40-41(37)34-18-8-10-23-39(34)47-40)38-22-11-19-35-42-44(48-43(35)38)33-17-7-9-20-36(33)46(42)31-15-5-2-6-16-31/h1-28H. The van der Waals surface area contributed by atoms with Gasteiger partial charge in [0.2, 0.25) is 0 Å². The molecule has 0 spiro atoms. The van der Waals surface area contributed by atoms with E-state index in [9.17, 15) is 0 Å². The molecule has 0 unspecified atom stereocenters. The summed E-state index contributed by atoms with van der Waals surface area (Å²) in [6, 6.07) is 59.3. The second kappa shape index (κ2) is 10.5. The lowest BCUT2D eigenvalue weighted by Gasteiger charge is -2.26. The van der Waals surface area contributed by atoms with E-state index in [0.717, 1.165) is 83.2 Å². The van der Waals surface area contributed by atoms with Gasteiger partial charge in [-0.3, -0.25) is 0 Å². The van der Waals surface area contributed by atoms with Crippen molar-refractivity contribution in [3.05, 3.63) is 170 Å². The fourth-order valence-corrected chi connectivity index (χ4v) is 7.28. The third kappa shape index (κ3) is 3.96. The van der Waals surface area contributed by atoms with Crippen molar-refractivity contribution in [2.24, 2.45) is 0 Å². The maximum Gasteiger partial charge on any atom is 0.161 e. The summed E-state index contributed by atoms with van der Waals surface area (Å²) >= 11 is 0. The first kappa shape index (κ1) is 26.7. The van der Waals surface area contributed by atoms with Crippen LogP contribution in [0.5, 0.6) is 0 Å². The number of rotatable bonds is 5. The fraction of sp³-hybridized carbons (Fsp3) is 0. The van der Waals surface area contributed by atoms with Crippen molar-refractivity contribution in [3.63, 3.8) is 0 Å². The largest absolute Gasteiger partial charge is 0.456 e. The molecule has 48 heavy (non-hydrogen) atoms. The predicted octanol–water partition coefficient (Wildman–Crippen LogP) is 12.6. The number of hydrogen-bond donors (Lipinski definition) is 0. The topological polar surface area (TPSA) is 34.5 Å². The van der Waals surface area contributed by atoms with Crippen molar-refractivity contribution in [2.45, 2.75) is 0 Å². The molecule has 226 valence electrons. The van der Waals surface area contributed by atoms with Gasteiger partial charge < -0.3 is 18.3 Å². The Hall–Kier alpha value is -6.52. The van der Waals surface area contributed by atoms with E-state index in [1.165, 1.54) is 5.56 Å². The van der Waals surface area contributed by atoms with Crippen LogP contribution in [0, 0.1) is 0 Å². The Labute approximate surface area is 276 Å². The molecule has 4 heteroatoms. The van der Waals surface area contributed by atoms with Crippen LogP contribution in [-0.2, 0) is 0 Å². The van der Waals surface area contributed by atoms with Crippen molar-refractivity contribution in [3.8, 4) is 16.8 Å². The highest BCUT2D eigenvalue weighted by atomic mass is 16.3. The molecule has 3 heterocycles. The normalized spacial score (nSPS) is 11.8. The Morgan fingerprint density at radius 1 is 0.417 bits per heavy atom. The first-order chi connectivity index (χ1) is 23.8. The minimum absolute atomic E-state index is 0.829. The average molecular weight is 617 g/mol. The molecule has 0 atom stereocenters. The number of fused-ring (bicyclic) bond motifs is 8. The van der Waals surface area contributed by atoms with E-state index in [2.05, 4.69) is 155 Å². The van der Waals surface area contributed by atoms with E-state index < -0.39 is 0 Å². The molecule has 0 bridgehead atoms. The molecule has 0 aliphatic heterocycles. The van der Waals surface area contributed by atoms with Gasteiger partial charge in [-0.25, -0.2) is 0 Å². The van der Waals surface area contributed by atoms with E-state index in [-0.39, 0.29) is 0 Å². The molecule has 7 aromatic carbocycles. The predicted molar refractivity (Wildman–Crippen MR) is 198 cm³/mol. The van der Waals surface area contributed by atoms with Crippen LogP contribution < -0.4 is 4.90 Å². The molecule has 3 aromatic heterocycles. The summed E-state index contributed by atoms with van der Waals surface area (Å²) in [5.41, 5.74) is 12.0. The monoisotopic (exact) mass is 616 g/mol. The summed E-state index contributed by atoms with van der Waals surface area (Å²) in [5, 5.41) is 4.28. The molecular weight excluding hydrogens is 588 g/mol. The van der Waals surface area contributed by atoms with Gasteiger partial charge in [0.25, 0.3) is 0 Å².